The first-order valence-corrected chi connectivity index (χ1v) is 7.49. The van der Waals surface area contributed by atoms with Crippen molar-refractivity contribution in [1.82, 2.24) is 20.2 Å². The maximum atomic E-state index is 12.4. The fourth-order valence-electron chi connectivity index (χ4n) is 2.14. The van der Waals surface area contributed by atoms with Crippen molar-refractivity contribution in [3.05, 3.63) is 40.4 Å². The lowest BCUT2D eigenvalue weighted by Crippen LogP contribution is -2.45. The Kier molecular flexibility index (Phi) is 5.10. The van der Waals surface area contributed by atoms with E-state index in [2.05, 4.69) is 15.6 Å². The van der Waals surface area contributed by atoms with Crippen LogP contribution in [0, 0.1) is 6.92 Å². The molecule has 0 aliphatic heterocycles. The Balaban J connectivity index is 2.17. The van der Waals surface area contributed by atoms with Gasteiger partial charge in [-0.2, -0.15) is 0 Å². The van der Waals surface area contributed by atoms with E-state index in [1.165, 1.54) is 4.57 Å². The van der Waals surface area contributed by atoms with Crippen LogP contribution in [0.15, 0.2) is 29.1 Å². The summed E-state index contributed by atoms with van der Waals surface area (Å²) in [4.78, 5) is 40.4. The summed E-state index contributed by atoms with van der Waals surface area (Å²) in [7, 11) is 0. The van der Waals surface area contributed by atoms with Gasteiger partial charge in [-0.1, -0.05) is 19.1 Å². The number of hydrogen-bond acceptors (Lipinski definition) is 4. The van der Waals surface area contributed by atoms with Crippen LogP contribution in [-0.2, 0) is 11.3 Å². The fraction of sp³-hybridized carbons (Fsp3) is 0.375. The number of nitrogens with one attached hydrogen (secondary N) is 2. The van der Waals surface area contributed by atoms with E-state index in [1.54, 1.807) is 31.2 Å². The molecule has 23 heavy (non-hydrogen) atoms. The molecule has 1 aromatic carbocycles. The number of fused-ring (bicyclic) bond motifs is 1. The summed E-state index contributed by atoms with van der Waals surface area (Å²) in [6.07, 6.45) is 0.759. The lowest BCUT2D eigenvalue weighted by Gasteiger charge is -2.13. The molecule has 7 heteroatoms. The molecular formula is C16H20N4O3. The third kappa shape index (κ3) is 3.94. The molecule has 0 fully saturated rings. The molecule has 0 aliphatic rings. The van der Waals surface area contributed by atoms with Crippen LogP contribution < -0.4 is 16.2 Å². The topological polar surface area (TPSA) is 93.1 Å². The number of para-hydroxylation sites is 1. The first-order valence-electron chi connectivity index (χ1n) is 7.49. The molecule has 2 rings (SSSR count). The van der Waals surface area contributed by atoms with Gasteiger partial charge in [0.2, 0.25) is 5.91 Å². The minimum atomic E-state index is -0.566. The maximum Gasteiger partial charge on any atom is 0.321 e. The van der Waals surface area contributed by atoms with E-state index in [4.69, 9.17) is 0 Å². The van der Waals surface area contributed by atoms with Crippen LogP contribution in [0.5, 0.6) is 0 Å². The molecule has 2 aromatic rings. The number of carbonyl (C=O) groups excluding carboxylic acids is 2. The monoisotopic (exact) mass is 316 g/mol. The van der Waals surface area contributed by atoms with Crippen molar-refractivity contribution in [2.45, 2.75) is 39.8 Å². The summed E-state index contributed by atoms with van der Waals surface area (Å²) >= 11 is 0. The number of hydrogen-bond donors (Lipinski definition) is 2. The Morgan fingerprint density at radius 2 is 2.00 bits per heavy atom. The van der Waals surface area contributed by atoms with Gasteiger partial charge in [-0.3, -0.25) is 19.5 Å². The van der Waals surface area contributed by atoms with Crippen molar-refractivity contribution in [3.8, 4) is 0 Å². The van der Waals surface area contributed by atoms with Gasteiger partial charge in [-0.15, -0.1) is 0 Å². The quantitative estimate of drug-likeness (QED) is 0.890. The van der Waals surface area contributed by atoms with E-state index in [0.717, 1.165) is 6.42 Å². The second-order valence-electron chi connectivity index (χ2n) is 5.40. The zero-order valence-electron chi connectivity index (χ0n) is 13.4. The minimum absolute atomic E-state index is 0.0328. The Bertz CT molecular complexity index is 798. The van der Waals surface area contributed by atoms with Crippen LogP contribution in [0.2, 0.25) is 0 Å². The number of aryl methyl sites for hydroxylation is 1. The van der Waals surface area contributed by atoms with Gasteiger partial charge in [0.25, 0.3) is 5.56 Å². The van der Waals surface area contributed by atoms with Gasteiger partial charge < -0.3 is 5.32 Å². The molecule has 0 bridgehead atoms. The van der Waals surface area contributed by atoms with Crippen molar-refractivity contribution in [2.75, 3.05) is 0 Å². The average molecular weight is 316 g/mol. The molecule has 122 valence electrons. The van der Waals surface area contributed by atoms with Crippen molar-refractivity contribution >= 4 is 22.8 Å². The first-order chi connectivity index (χ1) is 10.9. The van der Waals surface area contributed by atoms with Crippen LogP contribution in [0.1, 0.15) is 26.1 Å². The van der Waals surface area contributed by atoms with Crippen molar-refractivity contribution in [1.29, 1.82) is 0 Å². The molecule has 0 saturated heterocycles. The van der Waals surface area contributed by atoms with E-state index in [0.29, 0.717) is 16.7 Å². The number of amides is 3. The van der Waals surface area contributed by atoms with Gasteiger partial charge in [0.15, 0.2) is 0 Å². The molecule has 0 aliphatic carbocycles. The lowest BCUT2D eigenvalue weighted by molar-refractivity contribution is -0.120. The van der Waals surface area contributed by atoms with Gasteiger partial charge >= 0.3 is 6.03 Å². The number of aromatic nitrogens is 2. The summed E-state index contributed by atoms with van der Waals surface area (Å²) in [5.74, 6) is -0.140. The minimum Gasteiger partial charge on any atom is -0.335 e. The highest BCUT2D eigenvalue weighted by atomic mass is 16.2. The van der Waals surface area contributed by atoms with Gasteiger partial charge in [0, 0.05) is 6.04 Å². The molecule has 7 nitrogen and oxygen atoms in total. The zero-order chi connectivity index (χ0) is 17.0. The van der Waals surface area contributed by atoms with Crippen molar-refractivity contribution in [2.24, 2.45) is 0 Å². The van der Waals surface area contributed by atoms with Crippen LogP contribution in [-0.4, -0.2) is 27.5 Å². The van der Waals surface area contributed by atoms with E-state index >= 15 is 0 Å². The molecule has 2 N–H and O–H groups in total. The molecule has 0 spiro atoms. The Hall–Kier alpha value is -2.70. The first kappa shape index (κ1) is 16.7. The highest BCUT2D eigenvalue weighted by Crippen LogP contribution is 2.07. The summed E-state index contributed by atoms with van der Waals surface area (Å²) in [6, 6.07) is 6.34. The number of carbonyl (C=O) groups is 2. The molecule has 1 atom stereocenters. The zero-order valence-corrected chi connectivity index (χ0v) is 13.4. The van der Waals surface area contributed by atoms with Gasteiger partial charge in [0.05, 0.1) is 10.9 Å². The predicted octanol–water partition coefficient (Wildman–Crippen LogP) is 1.33. The van der Waals surface area contributed by atoms with Gasteiger partial charge in [0.1, 0.15) is 12.4 Å². The largest absolute Gasteiger partial charge is 0.335 e. The standard InChI is InChI=1S/C16H20N4O3/c1-4-10(2)17-16(23)19-14(21)9-20-11(3)18-13-8-6-5-7-12(13)15(20)22/h5-8,10H,4,9H2,1-3H3,(H2,17,19,21,23)/t10-/m1/s1. The van der Waals surface area contributed by atoms with E-state index in [-0.39, 0.29) is 18.1 Å². The fourth-order valence-corrected chi connectivity index (χ4v) is 2.14. The summed E-state index contributed by atoms with van der Waals surface area (Å²) in [6.45, 7) is 5.17. The Morgan fingerprint density at radius 3 is 2.70 bits per heavy atom. The second kappa shape index (κ2) is 7.04. The third-order valence-corrected chi connectivity index (χ3v) is 3.60. The molecule has 1 heterocycles. The number of rotatable bonds is 4. The summed E-state index contributed by atoms with van der Waals surface area (Å²) in [5, 5.41) is 5.29. The number of imide groups is 1. The van der Waals surface area contributed by atoms with Gasteiger partial charge in [-0.05, 0) is 32.4 Å². The van der Waals surface area contributed by atoms with Crippen LogP contribution >= 0.6 is 0 Å². The molecule has 0 unspecified atom stereocenters. The van der Waals surface area contributed by atoms with E-state index in [1.807, 2.05) is 13.8 Å². The highest BCUT2D eigenvalue weighted by molar-refractivity contribution is 5.94. The van der Waals surface area contributed by atoms with Crippen molar-refractivity contribution < 1.29 is 9.59 Å². The van der Waals surface area contributed by atoms with Crippen molar-refractivity contribution in [3.63, 3.8) is 0 Å². The summed E-state index contributed by atoms with van der Waals surface area (Å²) in [5.41, 5.74) is 0.284. The molecule has 3 amide bonds. The molecule has 0 saturated carbocycles. The molecule has 0 radical (unpaired) electrons. The van der Waals surface area contributed by atoms with Crippen LogP contribution in [0.3, 0.4) is 0 Å². The summed E-state index contributed by atoms with van der Waals surface area (Å²) < 4.78 is 1.26. The SMILES string of the molecule is CC[C@@H](C)NC(=O)NC(=O)Cn1c(C)nc2ccccc2c1=O. The third-order valence-electron chi connectivity index (χ3n) is 3.60. The van der Waals surface area contributed by atoms with Gasteiger partial charge in [-0.25, -0.2) is 9.78 Å². The average Bonchev–Trinajstić information content (AvgIpc) is 2.51. The van der Waals surface area contributed by atoms with Crippen LogP contribution in [0.4, 0.5) is 4.79 Å². The number of nitrogens with zero attached hydrogens (tertiary/aromatic N) is 2. The smallest absolute Gasteiger partial charge is 0.321 e. The second-order valence-corrected chi connectivity index (χ2v) is 5.40. The Morgan fingerprint density at radius 1 is 1.30 bits per heavy atom. The maximum absolute atomic E-state index is 12.4. The normalized spacial score (nSPS) is 12.0. The molecular weight excluding hydrogens is 296 g/mol. The van der Waals surface area contributed by atoms with E-state index in [9.17, 15) is 14.4 Å². The molecule has 1 aromatic heterocycles. The Labute approximate surface area is 133 Å². The number of benzene rings is 1. The van der Waals surface area contributed by atoms with E-state index < -0.39 is 11.9 Å². The lowest BCUT2D eigenvalue weighted by atomic mass is 10.2. The number of urea groups is 1. The predicted molar refractivity (Wildman–Crippen MR) is 87.2 cm³/mol. The van der Waals surface area contributed by atoms with Crippen LogP contribution in [0.25, 0.3) is 10.9 Å². The highest BCUT2D eigenvalue weighted by Gasteiger charge is 2.14.